The summed E-state index contributed by atoms with van der Waals surface area (Å²) in [6.07, 6.45) is 1.38. The molecule has 0 amide bonds. The van der Waals surface area contributed by atoms with Crippen LogP contribution in [0, 0.1) is 6.92 Å². The van der Waals surface area contributed by atoms with Gasteiger partial charge in [-0.1, -0.05) is 6.07 Å². The first-order valence-corrected chi connectivity index (χ1v) is 5.89. The third-order valence-electron chi connectivity index (χ3n) is 3.16. The van der Waals surface area contributed by atoms with Crippen molar-refractivity contribution >= 4 is 21.9 Å². The molecule has 0 bridgehead atoms. The Balaban J connectivity index is 2.64. The summed E-state index contributed by atoms with van der Waals surface area (Å²) in [6, 6.07) is 3.81. The van der Waals surface area contributed by atoms with E-state index < -0.39 is 11.4 Å². The van der Waals surface area contributed by atoms with Crippen molar-refractivity contribution in [1.29, 1.82) is 0 Å². The van der Waals surface area contributed by atoms with Crippen molar-refractivity contribution in [1.82, 2.24) is 0 Å². The number of benzene rings is 1. The standard InChI is InChI=1S/C12H13BrO3/c1-7-3-4-8(13)10(16-2)9(7)12(5-6-12)11(14)15/h3-4H,5-6H2,1-2H3,(H,14,15). The molecule has 1 aromatic rings. The molecule has 0 unspecified atom stereocenters. The lowest BCUT2D eigenvalue weighted by Crippen LogP contribution is -2.21. The van der Waals surface area contributed by atoms with Crippen molar-refractivity contribution in [2.75, 3.05) is 7.11 Å². The Bertz CT molecular complexity index is 450. The smallest absolute Gasteiger partial charge is 0.314 e. The molecule has 0 saturated heterocycles. The normalized spacial score (nSPS) is 16.9. The molecule has 16 heavy (non-hydrogen) atoms. The minimum atomic E-state index is -0.757. The largest absolute Gasteiger partial charge is 0.495 e. The van der Waals surface area contributed by atoms with Gasteiger partial charge in [0.25, 0.3) is 0 Å². The van der Waals surface area contributed by atoms with Crippen LogP contribution in [0.2, 0.25) is 0 Å². The van der Waals surface area contributed by atoms with E-state index in [1.165, 1.54) is 0 Å². The lowest BCUT2D eigenvalue weighted by atomic mass is 9.91. The molecule has 0 radical (unpaired) electrons. The molecule has 1 saturated carbocycles. The molecule has 0 spiro atoms. The number of aryl methyl sites for hydroxylation is 1. The van der Waals surface area contributed by atoms with E-state index in [-0.39, 0.29) is 0 Å². The number of hydrogen-bond acceptors (Lipinski definition) is 2. The number of rotatable bonds is 3. The quantitative estimate of drug-likeness (QED) is 0.928. The number of aliphatic carboxylic acids is 1. The van der Waals surface area contributed by atoms with E-state index in [0.29, 0.717) is 18.6 Å². The minimum absolute atomic E-state index is 0.653. The SMILES string of the molecule is COc1c(Br)ccc(C)c1C1(C(=O)O)CC1. The van der Waals surface area contributed by atoms with E-state index in [4.69, 9.17) is 4.74 Å². The first-order chi connectivity index (χ1) is 7.53. The van der Waals surface area contributed by atoms with Crippen molar-refractivity contribution in [3.63, 3.8) is 0 Å². The van der Waals surface area contributed by atoms with Gasteiger partial charge in [0.2, 0.25) is 0 Å². The lowest BCUT2D eigenvalue weighted by molar-refractivity contribution is -0.140. The first kappa shape index (κ1) is 11.5. The Morgan fingerprint density at radius 2 is 2.12 bits per heavy atom. The third-order valence-corrected chi connectivity index (χ3v) is 3.78. The van der Waals surface area contributed by atoms with Crippen molar-refractivity contribution in [2.24, 2.45) is 0 Å². The summed E-state index contributed by atoms with van der Waals surface area (Å²) in [5.74, 6) is -0.105. The molecular weight excluding hydrogens is 272 g/mol. The molecule has 4 heteroatoms. The topological polar surface area (TPSA) is 46.5 Å². The molecule has 0 aromatic heterocycles. The highest BCUT2D eigenvalue weighted by Crippen LogP contribution is 2.54. The van der Waals surface area contributed by atoms with Gasteiger partial charge in [-0.3, -0.25) is 4.79 Å². The van der Waals surface area contributed by atoms with Crippen molar-refractivity contribution in [2.45, 2.75) is 25.2 Å². The first-order valence-electron chi connectivity index (χ1n) is 5.10. The van der Waals surface area contributed by atoms with Gasteiger partial charge in [-0.25, -0.2) is 0 Å². The molecular formula is C12H13BrO3. The Kier molecular flexibility index (Phi) is 2.70. The van der Waals surface area contributed by atoms with Crippen LogP contribution in [0.4, 0.5) is 0 Å². The fraction of sp³-hybridized carbons (Fsp3) is 0.417. The molecule has 1 aliphatic carbocycles. The van der Waals surface area contributed by atoms with Crippen molar-refractivity contribution in [3.05, 3.63) is 27.7 Å². The molecule has 0 atom stereocenters. The maximum atomic E-state index is 11.3. The van der Waals surface area contributed by atoms with Gasteiger partial charge < -0.3 is 9.84 Å². The lowest BCUT2D eigenvalue weighted by Gasteiger charge is -2.18. The second-order valence-corrected chi connectivity index (χ2v) is 5.01. The van der Waals surface area contributed by atoms with Crippen LogP contribution in [0.3, 0.4) is 0 Å². The Labute approximate surface area is 103 Å². The zero-order chi connectivity index (χ0) is 11.9. The zero-order valence-corrected chi connectivity index (χ0v) is 10.8. The summed E-state index contributed by atoms with van der Waals surface area (Å²) in [6.45, 7) is 1.92. The van der Waals surface area contributed by atoms with Crippen LogP contribution in [0.25, 0.3) is 0 Å². The molecule has 2 rings (SSSR count). The van der Waals surface area contributed by atoms with Gasteiger partial charge in [-0.05, 0) is 47.3 Å². The highest BCUT2D eigenvalue weighted by molar-refractivity contribution is 9.10. The van der Waals surface area contributed by atoms with Gasteiger partial charge in [0.1, 0.15) is 5.75 Å². The van der Waals surface area contributed by atoms with E-state index in [2.05, 4.69) is 15.9 Å². The van der Waals surface area contributed by atoms with Crippen LogP contribution >= 0.6 is 15.9 Å². The van der Waals surface area contributed by atoms with Crippen LogP contribution in [0.1, 0.15) is 24.0 Å². The van der Waals surface area contributed by atoms with Gasteiger partial charge in [-0.2, -0.15) is 0 Å². The fourth-order valence-corrected chi connectivity index (χ4v) is 2.64. The molecule has 1 aliphatic rings. The molecule has 1 aromatic carbocycles. The maximum absolute atomic E-state index is 11.3. The average molecular weight is 285 g/mol. The van der Waals surface area contributed by atoms with Gasteiger partial charge in [-0.15, -0.1) is 0 Å². The highest BCUT2D eigenvalue weighted by Gasteiger charge is 2.54. The highest BCUT2D eigenvalue weighted by atomic mass is 79.9. The molecule has 1 fully saturated rings. The number of carboxylic acid groups (broad SMARTS) is 1. The van der Waals surface area contributed by atoms with E-state index in [1.807, 2.05) is 19.1 Å². The average Bonchev–Trinajstić information content (AvgIpc) is 3.02. The van der Waals surface area contributed by atoms with Crippen molar-refractivity contribution in [3.8, 4) is 5.75 Å². The molecule has 3 nitrogen and oxygen atoms in total. The molecule has 0 aliphatic heterocycles. The second kappa shape index (κ2) is 3.77. The van der Waals surface area contributed by atoms with Gasteiger partial charge in [0, 0.05) is 5.56 Å². The number of carboxylic acids is 1. The summed E-state index contributed by atoms with van der Waals surface area (Å²) in [4.78, 5) is 11.3. The summed E-state index contributed by atoms with van der Waals surface area (Å²) < 4.78 is 6.13. The Morgan fingerprint density at radius 3 is 2.56 bits per heavy atom. The Morgan fingerprint density at radius 1 is 1.50 bits per heavy atom. The van der Waals surface area contributed by atoms with Gasteiger partial charge in [0.05, 0.1) is 17.0 Å². The van der Waals surface area contributed by atoms with E-state index >= 15 is 0 Å². The Hall–Kier alpha value is -1.03. The molecule has 1 N–H and O–H groups in total. The number of halogens is 1. The fourth-order valence-electron chi connectivity index (χ4n) is 2.15. The second-order valence-electron chi connectivity index (χ2n) is 4.16. The minimum Gasteiger partial charge on any atom is -0.495 e. The summed E-state index contributed by atoms with van der Waals surface area (Å²) in [5.41, 5.74) is 1.07. The zero-order valence-electron chi connectivity index (χ0n) is 9.21. The number of carbonyl (C=O) groups is 1. The summed E-state index contributed by atoms with van der Waals surface area (Å²) in [5, 5.41) is 9.32. The predicted octanol–water partition coefficient (Wildman–Crippen LogP) is 2.88. The van der Waals surface area contributed by atoms with Gasteiger partial charge in [0.15, 0.2) is 0 Å². The van der Waals surface area contributed by atoms with Crippen molar-refractivity contribution < 1.29 is 14.6 Å². The van der Waals surface area contributed by atoms with Gasteiger partial charge >= 0.3 is 5.97 Å². The number of methoxy groups -OCH3 is 1. The summed E-state index contributed by atoms with van der Waals surface area (Å²) >= 11 is 3.39. The van der Waals surface area contributed by atoms with Crippen LogP contribution in [0.5, 0.6) is 5.75 Å². The molecule has 86 valence electrons. The number of ether oxygens (including phenoxy) is 1. The third kappa shape index (κ3) is 1.52. The van der Waals surface area contributed by atoms with Crippen LogP contribution in [-0.4, -0.2) is 18.2 Å². The number of hydrogen-bond donors (Lipinski definition) is 1. The predicted molar refractivity (Wildman–Crippen MR) is 64.0 cm³/mol. The van der Waals surface area contributed by atoms with Crippen LogP contribution in [0.15, 0.2) is 16.6 Å². The monoisotopic (exact) mass is 284 g/mol. The van der Waals surface area contributed by atoms with E-state index in [0.717, 1.165) is 15.6 Å². The van der Waals surface area contributed by atoms with E-state index in [1.54, 1.807) is 7.11 Å². The van der Waals surface area contributed by atoms with E-state index in [9.17, 15) is 9.90 Å². The molecule has 0 heterocycles. The van der Waals surface area contributed by atoms with Crippen LogP contribution in [-0.2, 0) is 10.2 Å². The maximum Gasteiger partial charge on any atom is 0.314 e. The van der Waals surface area contributed by atoms with Crippen LogP contribution < -0.4 is 4.74 Å². The summed E-state index contributed by atoms with van der Waals surface area (Å²) in [7, 11) is 1.57.